The summed E-state index contributed by atoms with van der Waals surface area (Å²) in [6, 6.07) is -0.828. The summed E-state index contributed by atoms with van der Waals surface area (Å²) in [5.74, 6) is 0.904. The molecule has 1 unspecified atom stereocenters. The summed E-state index contributed by atoms with van der Waals surface area (Å²) in [6.07, 6.45) is 1.39. The first-order valence-electron chi connectivity index (χ1n) is 9.04. The van der Waals surface area contributed by atoms with Crippen LogP contribution in [0.25, 0.3) is 0 Å². The van der Waals surface area contributed by atoms with E-state index in [1.807, 2.05) is 0 Å². The third-order valence-electron chi connectivity index (χ3n) is 4.32. The number of methoxy groups -OCH3 is 2. The van der Waals surface area contributed by atoms with Gasteiger partial charge in [-0.25, -0.2) is 15.0 Å². The molecule has 1 atom stereocenters. The summed E-state index contributed by atoms with van der Waals surface area (Å²) >= 11 is 0. The zero-order valence-electron chi connectivity index (χ0n) is 16.7. The summed E-state index contributed by atoms with van der Waals surface area (Å²) < 4.78 is 27.1. The van der Waals surface area contributed by atoms with Crippen LogP contribution in [0.2, 0.25) is 0 Å². The van der Waals surface area contributed by atoms with Crippen molar-refractivity contribution in [1.82, 2.24) is 5.43 Å². The first-order chi connectivity index (χ1) is 14.5. The Morgan fingerprint density at radius 3 is 2.60 bits per heavy atom. The van der Waals surface area contributed by atoms with Crippen LogP contribution in [0.1, 0.15) is 24.5 Å². The Morgan fingerprint density at radius 2 is 1.97 bits per heavy atom. The van der Waals surface area contributed by atoms with E-state index in [-0.39, 0.29) is 32.0 Å². The second-order valence-corrected chi connectivity index (χ2v) is 6.15. The molecule has 162 valence electrons. The lowest BCUT2D eigenvalue weighted by atomic mass is 9.96. The Hall–Kier alpha value is -3.70. The van der Waals surface area contributed by atoms with Crippen LogP contribution in [0.15, 0.2) is 10.3 Å². The molecule has 12 heteroatoms. The molecule has 30 heavy (non-hydrogen) atoms. The number of esters is 1. The van der Waals surface area contributed by atoms with Gasteiger partial charge in [0.2, 0.25) is 18.3 Å². The Balaban J connectivity index is 1.97. The average molecular weight is 422 g/mol. The molecule has 0 fully saturated rings. The van der Waals surface area contributed by atoms with E-state index >= 15 is 0 Å². The molecule has 2 amide bonds. The van der Waals surface area contributed by atoms with Crippen LogP contribution in [-0.2, 0) is 20.8 Å². The molecule has 0 radical (unpaired) electrons. The van der Waals surface area contributed by atoms with Crippen molar-refractivity contribution in [1.29, 1.82) is 0 Å². The summed E-state index contributed by atoms with van der Waals surface area (Å²) in [7, 11) is 2.94. The van der Waals surface area contributed by atoms with E-state index in [1.165, 1.54) is 20.4 Å². The van der Waals surface area contributed by atoms with Gasteiger partial charge in [0.1, 0.15) is 6.10 Å². The molecule has 0 saturated carbocycles. The van der Waals surface area contributed by atoms with Gasteiger partial charge in [-0.05, 0) is 6.92 Å². The molecule has 1 aromatic rings. The quantitative estimate of drug-likeness (QED) is 0.352. The molecule has 3 N–H and O–H groups in total. The number of carbonyl (C=O) groups is 2. The van der Waals surface area contributed by atoms with Crippen LogP contribution in [0, 0.1) is 0 Å². The van der Waals surface area contributed by atoms with Gasteiger partial charge < -0.3 is 34.3 Å². The largest absolute Gasteiger partial charge is 0.492 e. The lowest BCUT2D eigenvalue weighted by molar-refractivity contribution is -0.135. The summed E-state index contributed by atoms with van der Waals surface area (Å²) in [5.41, 5.74) is 8.45. The maximum Gasteiger partial charge on any atom is 0.356 e. The molecular weight excluding hydrogens is 400 g/mol. The lowest BCUT2D eigenvalue weighted by Crippen LogP contribution is -2.24. The van der Waals surface area contributed by atoms with E-state index in [2.05, 4.69) is 15.7 Å². The second kappa shape index (κ2) is 9.20. The first-order valence-corrected chi connectivity index (χ1v) is 9.04. The van der Waals surface area contributed by atoms with Crippen LogP contribution < -0.4 is 30.1 Å². The van der Waals surface area contributed by atoms with Crippen LogP contribution >= 0.6 is 0 Å². The number of nitrogens with zero attached hydrogens (tertiary/aromatic N) is 2. The Morgan fingerprint density at radius 1 is 1.27 bits per heavy atom. The highest BCUT2D eigenvalue weighted by molar-refractivity contribution is 6.36. The van der Waals surface area contributed by atoms with Gasteiger partial charge >= 0.3 is 12.0 Å². The van der Waals surface area contributed by atoms with E-state index < -0.39 is 18.1 Å². The molecule has 3 rings (SSSR count). The highest BCUT2D eigenvalue weighted by Gasteiger charge is 2.34. The SMILES string of the molecule is CCOC(=O)C1=NOC(Cc2c(/C=N\NC(N)=O)c(OC)c3c(c2OC)OCO3)C1. The minimum atomic E-state index is -0.828. The second-order valence-electron chi connectivity index (χ2n) is 6.15. The number of nitrogens with one attached hydrogen (secondary N) is 1. The van der Waals surface area contributed by atoms with E-state index in [0.29, 0.717) is 34.1 Å². The number of hydrogen-bond acceptors (Lipinski definition) is 10. The van der Waals surface area contributed by atoms with Crippen molar-refractivity contribution in [3.05, 3.63) is 11.1 Å². The van der Waals surface area contributed by atoms with E-state index in [4.69, 9.17) is 34.3 Å². The molecule has 0 aliphatic carbocycles. The van der Waals surface area contributed by atoms with Crippen LogP contribution in [0.3, 0.4) is 0 Å². The number of nitrogens with two attached hydrogens (primary N) is 1. The van der Waals surface area contributed by atoms with Gasteiger partial charge in [0.15, 0.2) is 17.2 Å². The fourth-order valence-corrected chi connectivity index (χ4v) is 3.15. The van der Waals surface area contributed by atoms with E-state index in [0.717, 1.165) is 0 Å². The molecule has 0 spiro atoms. The zero-order valence-corrected chi connectivity index (χ0v) is 16.7. The average Bonchev–Trinajstić information content (AvgIpc) is 3.38. The molecule has 0 saturated heterocycles. The number of oxime groups is 1. The van der Waals surface area contributed by atoms with Crippen molar-refractivity contribution >= 4 is 23.9 Å². The van der Waals surface area contributed by atoms with Crippen molar-refractivity contribution in [3.63, 3.8) is 0 Å². The Kier molecular flexibility index (Phi) is 6.45. The lowest BCUT2D eigenvalue weighted by Gasteiger charge is -2.19. The third-order valence-corrected chi connectivity index (χ3v) is 4.32. The topological polar surface area (TPSA) is 152 Å². The van der Waals surface area contributed by atoms with Gasteiger partial charge in [0.25, 0.3) is 0 Å². The van der Waals surface area contributed by atoms with Crippen LogP contribution in [0.4, 0.5) is 4.79 Å². The number of fused-ring (bicyclic) bond motifs is 1. The van der Waals surface area contributed by atoms with Crippen molar-refractivity contribution in [2.45, 2.75) is 25.9 Å². The van der Waals surface area contributed by atoms with Crippen molar-refractivity contribution < 1.29 is 38.1 Å². The predicted molar refractivity (Wildman–Crippen MR) is 103 cm³/mol. The molecule has 0 bridgehead atoms. The number of ether oxygens (including phenoxy) is 5. The standard InChI is InChI=1S/C18H22N4O8/c1-4-27-17(23)12-6-9(30-22-12)5-10-11(7-20-21-18(19)24)14(26-3)16-15(13(10)25-2)28-8-29-16/h7,9H,4-6,8H2,1-3H3,(H3,19,21,24)/b20-7-. The number of rotatable bonds is 8. The Bertz CT molecular complexity index is 899. The van der Waals surface area contributed by atoms with Gasteiger partial charge in [-0.3, -0.25) is 0 Å². The first kappa shape index (κ1) is 21.0. The van der Waals surface area contributed by atoms with Crippen molar-refractivity contribution in [2.75, 3.05) is 27.6 Å². The molecule has 1 aromatic carbocycles. The number of primary amides is 1. The fraction of sp³-hybridized carbons (Fsp3) is 0.444. The maximum absolute atomic E-state index is 11.9. The zero-order chi connectivity index (χ0) is 21.7. The number of urea groups is 1. The van der Waals surface area contributed by atoms with Crippen LogP contribution in [0.5, 0.6) is 23.0 Å². The highest BCUT2D eigenvalue weighted by atomic mass is 16.7. The number of hydrazone groups is 1. The van der Waals surface area contributed by atoms with Gasteiger partial charge in [-0.2, -0.15) is 5.10 Å². The van der Waals surface area contributed by atoms with Crippen molar-refractivity contribution in [3.8, 4) is 23.0 Å². The molecule has 2 aliphatic heterocycles. The summed E-state index contributed by atoms with van der Waals surface area (Å²) in [6.45, 7) is 1.93. The Labute approximate surface area is 171 Å². The third kappa shape index (κ3) is 4.16. The normalized spacial score (nSPS) is 16.8. The monoisotopic (exact) mass is 422 g/mol. The van der Waals surface area contributed by atoms with Gasteiger partial charge in [0, 0.05) is 24.0 Å². The van der Waals surface area contributed by atoms with Crippen LogP contribution in [-0.4, -0.2) is 57.7 Å². The number of carbonyl (C=O) groups excluding carboxylic acids is 2. The van der Waals surface area contributed by atoms with Gasteiger partial charge in [-0.1, -0.05) is 5.16 Å². The maximum atomic E-state index is 11.9. The minimum absolute atomic E-state index is 0.0162. The van der Waals surface area contributed by atoms with Gasteiger partial charge in [-0.15, -0.1) is 0 Å². The number of benzene rings is 1. The van der Waals surface area contributed by atoms with E-state index in [9.17, 15) is 9.59 Å². The fourth-order valence-electron chi connectivity index (χ4n) is 3.15. The summed E-state index contributed by atoms with van der Waals surface area (Å²) in [4.78, 5) is 28.3. The molecule has 2 heterocycles. The molecular formula is C18H22N4O8. The number of hydrogen-bond donors (Lipinski definition) is 2. The molecule has 12 nitrogen and oxygen atoms in total. The molecule has 0 aromatic heterocycles. The van der Waals surface area contributed by atoms with Gasteiger partial charge in [0.05, 0.1) is 27.0 Å². The predicted octanol–water partition coefficient (Wildman–Crippen LogP) is 0.685. The number of amides is 2. The smallest absolute Gasteiger partial charge is 0.356 e. The highest BCUT2D eigenvalue weighted by Crippen LogP contribution is 2.52. The minimum Gasteiger partial charge on any atom is -0.492 e. The van der Waals surface area contributed by atoms with Crippen molar-refractivity contribution in [2.24, 2.45) is 16.0 Å². The summed E-state index contributed by atoms with van der Waals surface area (Å²) in [5, 5.41) is 7.65. The van der Waals surface area contributed by atoms with E-state index in [1.54, 1.807) is 6.92 Å². The molecule has 2 aliphatic rings.